The maximum atomic E-state index is 13.2. The molecule has 0 saturated heterocycles. The van der Waals surface area contributed by atoms with Crippen molar-refractivity contribution in [3.8, 4) is 11.8 Å². The fraction of sp³-hybridized carbons (Fsp3) is 0.286. The fourth-order valence-electron chi connectivity index (χ4n) is 2.63. The molecule has 0 unspecified atom stereocenters. The summed E-state index contributed by atoms with van der Waals surface area (Å²) in [6.07, 6.45) is 6.11. The summed E-state index contributed by atoms with van der Waals surface area (Å²) in [5, 5.41) is 0. The fourth-order valence-corrected chi connectivity index (χ4v) is 3.97. The Balaban J connectivity index is 0.000000267. The van der Waals surface area contributed by atoms with E-state index in [0.29, 0.717) is 9.13 Å². The molecule has 0 aliphatic rings. The van der Waals surface area contributed by atoms with Crippen LogP contribution >= 0.6 is 70.4 Å². The molecule has 3 aromatic rings. The monoisotopic (exact) mass is 784 g/mol. The average molecular weight is 787 g/mol. The van der Waals surface area contributed by atoms with Crippen LogP contribution in [0.4, 0.5) is 13.2 Å². The van der Waals surface area contributed by atoms with E-state index in [0.717, 1.165) is 44.7 Å². The SMILES string of the molecule is CCCC#Cc1ccc(Br)cc1F.CCCCCc1ccc(Br)cc1F.Fc1cc(Br)ccc1I. The molecule has 0 fully saturated rings. The van der Waals surface area contributed by atoms with Crippen molar-refractivity contribution in [1.82, 2.24) is 0 Å². The summed E-state index contributed by atoms with van der Waals surface area (Å²) in [7, 11) is 0. The van der Waals surface area contributed by atoms with Crippen molar-refractivity contribution in [3.05, 3.63) is 100 Å². The molecule has 7 heteroatoms. The number of aryl methyl sites for hydroxylation is 1. The molecule has 0 aromatic heterocycles. The summed E-state index contributed by atoms with van der Waals surface area (Å²) >= 11 is 11.5. The molecule has 0 spiro atoms. The lowest BCUT2D eigenvalue weighted by Crippen LogP contribution is -1.90. The number of rotatable bonds is 5. The molecule has 3 aromatic carbocycles. The van der Waals surface area contributed by atoms with Crippen molar-refractivity contribution in [3.63, 3.8) is 0 Å². The minimum Gasteiger partial charge on any atom is -0.207 e. The molecular weight excluding hydrogens is 760 g/mol. The van der Waals surface area contributed by atoms with Gasteiger partial charge in [-0.1, -0.05) is 92.4 Å². The molecule has 0 aliphatic carbocycles. The second-order valence-electron chi connectivity index (χ2n) is 7.43. The van der Waals surface area contributed by atoms with Crippen molar-refractivity contribution < 1.29 is 13.2 Å². The van der Waals surface area contributed by atoms with Gasteiger partial charge in [-0.3, -0.25) is 0 Å². The normalized spacial score (nSPS) is 9.74. The molecule has 0 bridgehead atoms. The molecule has 0 saturated carbocycles. The van der Waals surface area contributed by atoms with E-state index in [1.165, 1.54) is 31.0 Å². The van der Waals surface area contributed by atoms with Crippen molar-refractivity contribution in [1.29, 1.82) is 0 Å². The molecule has 0 N–H and O–H groups in total. The van der Waals surface area contributed by atoms with E-state index in [2.05, 4.69) is 66.6 Å². The van der Waals surface area contributed by atoms with Crippen LogP contribution in [-0.2, 0) is 6.42 Å². The zero-order valence-corrected chi connectivity index (χ0v) is 26.5. The van der Waals surface area contributed by atoms with Gasteiger partial charge in [0.1, 0.15) is 17.5 Å². The Hall–Kier alpha value is -0.820. The Morgan fingerprint density at radius 1 is 0.714 bits per heavy atom. The van der Waals surface area contributed by atoms with E-state index in [1.807, 2.05) is 47.7 Å². The van der Waals surface area contributed by atoms with E-state index in [1.54, 1.807) is 18.2 Å². The molecule has 35 heavy (non-hydrogen) atoms. The van der Waals surface area contributed by atoms with Crippen LogP contribution in [0.2, 0.25) is 0 Å². The Bertz CT molecular complexity index is 1120. The summed E-state index contributed by atoms with van der Waals surface area (Å²) in [6.45, 7) is 4.20. The number of benzene rings is 3. The lowest BCUT2D eigenvalue weighted by Gasteiger charge is -2.02. The maximum absolute atomic E-state index is 13.2. The number of hydrogen-bond acceptors (Lipinski definition) is 0. The minimum absolute atomic E-state index is 0.0921. The van der Waals surface area contributed by atoms with E-state index in [9.17, 15) is 13.2 Å². The van der Waals surface area contributed by atoms with E-state index < -0.39 is 0 Å². The first-order valence-corrected chi connectivity index (χ1v) is 14.6. The van der Waals surface area contributed by atoms with Gasteiger partial charge in [0.2, 0.25) is 0 Å². The molecular formula is C28H27Br3F3I. The molecule has 0 atom stereocenters. The van der Waals surface area contributed by atoms with Gasteiger partial charge in [0.05, 0.1) is 5.56 Å². The Morgan fingerprint density at radius 3 is 1.80 bits per heavy atom. The zero-order valence-electron chi connectivity index (χ0n) is 19.6. The lowest BCUT2D eigenvalue weighted by molar-refractivity contribution is 0.598. The highest BCUT2D eigenvalue weighted by atomic mass is 127. The van der Waals surface area contributed by atoms with Crippen LogP contribution in [0, 0.1) is 32.9 Å². The van der Waals surface area contributed by atoms with E-state index in [-0.39, 0.29) is 17.5 Å². The summed E-state index contributed by atoms with van der Waals surface area (Å²) in [5.41, 5.74) is 1.30. The first-order valence-electron chi connectivity index (χ1n) is 11.2. The quantitative estimate of drug-likeness (QED) is 0.105. The molecule has 3 rings (SSSR count). The van der Waals surface area contributed by atoms with Gasteiger partial charge in [0.15, 0.2) is 0 Å². The topological polar surface area (TPSA) is 0 Å². The first kappa shape index (κ1) is 32.2. The predicted octanol–water partition coefficient (Wildman–Crippen LogP) is 11.3. The maximum Gasteiger partial charge on any atom is 0.139 e. The summed E-state index contributed by atoms with van der Waals surface area (Å²) in [4.78, 5) is 0. The average Bonchev–Trinajstić information content (AvgIpc) is 2.80. The largest absolute Gasteiger partial charge is 0.207 e. The van der Waals surface area contributed by atoms with Gasteiger partial charge in [-0.05, 0) is 95.9 Å². The van der Waals surface area contributed by atoms with Crippen LogP contribution in [0.3, 0.4) is 0 Å². The summed E-state index contributed by atoms with van der Waals surface area (Å²) in [5.74, 6) is 5.17. The van der Waals surface area contributed by atoms with Gasteiger partial charge in [-0.15, -0.1) is 0 Å². The summed E-state index contributed by atoms with van der Waals surface area (Å²) < 4.78 is 41.9. The van der Waals surface area contributed by atoms with Crippen LogP contribution in [0.15, 0.2) is 68.0 Å². The van der Waals surface area contributed by atoms with Crippen LogP contribution in [0.25, 0.3) is 0 Å². The van der Waals surface area contributed by atoms with Gasteiger partial charge in [-0.25, -0.2) is 13.2 Å². The summed E-state index contributed by atoms with van der Waals surface area (Å²) in [6, 6.07) is 15.2. The second kappa shape index (κ2) is 18.4. The van der Waals surface area contributed by atoms with E-state index in [4.69, 9.17) is 0 Å². The lowest BCUT2D eigenvalue weighted by atomic mass is 10.1. The van der Waals surface area contributed by atoms with Gasteiger partial charge in [0, 0.05) is 23.4 Å². The third-order valence-electron chi connectivity index (χ3n) is 4.48. The Morgan fingerprint density at radius 2 is 1.29 bits per heavy atom. The molecule has 0 radical (unpaired) electrons. The van der Waals surface area contributed by atoms with Crippen LogP contribution in [-0.4, -0.2) is 0 Å². The number of halogens is 7. The van der Waals surface area contributed by atoms with Crippen LogP contribution < -0.4 is 0 Å². The van der Waals surface area contributed by atoms with Gasteiger partial charge in [0.25, 0.3) is 0 Å². The number of unbranched alkanes of at least 4 members (excludes halogenated alkanes) is 3. The van der Waals surface area contributed by atoms with Crippen molar-refractivity contribution in [2.75, 3.05) is 0 Å². The highest BCUT2D eigenvalue weighted by molar-refractivity contribution is 14.1. The second-order valence-corrected chi connectivity index (χ2v) is 11.3. The van der Waals surface area contributed by atoms with Gasteiger partial charge in [-0.2, -0.15) is 0 Å². The van der Waals surface area contributed by atoms with Crippen molar-refractivity contribution in [2.45, 2.75) is 52.4 Å². The molecule has 188 valence electrons. The highest BCUT2D eigenvalue weighted by Crippen LogP contribution is 2.18. The zero-order chi connectivity index (χ0) is 26.2. The first-order chi connectivity index (χ1) is 16.7. The van der Waals surface area contributed by atoms with Gasteiger partial charge >= 0.3 is 0 Å². The third kappa shape index (κ3) is 13.9. The van der Waals surface area contributed by atoms with Crippen molar-refractivity contribution >= 4 is 70.4 Å². The minimum atomic E-state index is -0.266. The molecule has 0 heterocycles. The Kier molecular flexibility index (Phi) is 17.0. The highest BCUT2D eigenvalue weighted by Gasteiger charge is 2.01. The molecule has 0 aliphatic heterocycles. The van der Waals surface area contributed by atoms with Crippen LogP contribution in [0.5, 0.6) is 0 Å². The van der Waals surface area contributed by atoms with Gasteiger partial charge < -0.3 is 0 Å². The molecule has 0 nitrogen and oxygen atoms in total. The van der Waals surface area contributed by atoms with Crippen LogP contribution in [0.1, 0.15) is 57.1 Å². The van der Waals surface area contributed by atoms with Crippen molar-refractivity contribution in [2.24, 2.45) is 0 Å². The predicted molar refractivity (Wildman–Crippen MR) is 160 cm³/mol. The number of hydrogen-bond donors (Lipinski definition) is 0. The smallest absolute Gasteiger partial charge is 0.139 e. The Labute approximate surface area is 246 Å². The van der Waals surface area contributed by atoms with E-state index >= 15 is 0 Å². The standard InChI is InChI=1S/C11H14BrF.C11H10BrF.C6H3BrFI/c2*1-2-3-4-5-9-6-7-10(12)8-11(9)13;7-4-1-2-6(9)5(8)3-4/h6-8H,2-5H2,1H3;6-8H,2-3H2,1H3;1-3H. The third-order valence-corrected chi connectivity index (χ3v) is 6.83. The molecule has 0 amide bonds.